The SMILES string of the molecule is CCOCc1cnc2n1CCN(C(=O)c1nn(C)c3ccccc13)[C@H]2C. The summed E-state index contributed by atoms with van der Waals surface area (Å²) in [7, 11) is 1.87. The summed E-state index contributed by atoms with van der Waals surface area (Å²) >= 11 is 0. The fraction of sp³-hybridized carbons (Fsp3) is 0.421. The molecule has 1 atom stereocenters. The highest BCUT2D eigenvalue weighted by Gasteiger charge is 2.32. The molecule has 1 aliphatic heterocycles. The van der Waals surface area contributed by atoms with Crippen molar-refractivity contribution in [3.63, 3.8) is 0 Å². The van der Waals surface area contributed by atoms with Crippen LogP contribution >= 0.6 is 0 Å². The third kappa shape index (κ3) is 2.59. The standard InChI is InChI=1S/C19H23N5O2/c1-4-26-12-14-11-20-18-13(2)23(9-10-24(14)18)19(25)17-15-7-5-6-8-16(15)22(3)21-17/h5-8,11,13H,4,9-10,12H2,1-3H3/t13-/m0/s1. The van der Waals surface area contributed by atoms with Crippen molar-refractivity contribution in [1.29, 1.82) is 0 Å². The topological polar surface area (TPSA) is 65.2 Å². The molecule has 0 fully saturated rings. The lowest BCUT2D eigenvalue weighted by molar-refractivity contribution is 0.0625. The van der Waals surface area contributed by atoms with E-state index >= 15 is 0 Å². The Labute approximate surface area is 152 Å². The summed E-state index contributed by atoms with van der Waals surface area (Å²) in [5, 5.41) is 5.37. The quantitative estimate of drug-likeness (QED) is 0.723. The molecule has 3 heterocycles. The summed E-state index contributed by atoms with van der Waals surface area (Å²) in [6, 6.07) is 7.72. The van der Waals surface area contributed by atoms with Crippen molar-refractivity contribution in [2.24, 2.45) is 7.05 Å². The van der Waals surface area contributed by atoms with E-state index in [0.29, 0.717) is 25.5 Å². The highest BCUT2D eigenvalue weighted by Crippen LogP contribution is 2.28. The van der Waals surface area contributed by atoms with Crippen LogP contribution in [-0.4, -0.2) is 43.3 Å². The van der Waals surface area contributed by atoms with Gasteiger partial charge in [0.15, 0.2) is 5.69 Å². The van der Waals surface area contributed by atoms with Gasteiger partial charge in [-0.15, -0.1) is 0 Å². The van der Waals surface area contributed by atoms with Gasteiger partial charge in [-0.05, 0) is 19.9 Å². The van der Waals surface area contributed by atoms with Gasteiger partial charge in [-0.2, -0.15) is 5.10 Å². The summed E-state index contributed by atoms with van der Waals surface area (Å²) in [5.41, 5.74) is 2.52. The van der Waals surface area contributed by atoms with Crippen LogP contribution in [0.1, 0.15) is 41.9 Å². The Morgan fingerprint density at radius 3 is 2.92 bits per heavy atom. The average Bonchev–Trinajstić information content (AvgIpc) is 3.22. The fourth-order valence-electron chi connectivity index (χ4n) is 3.67. The Morgan fingerprint density at radius 2 is 2.12 bits per heavy atom. The molecule has 0 N–H and O–H groups in total. The van der Waals surface area contributed by atoms with Crippen molar-refractivity contribution in [2.45, 2.75) is 33.0 Å². The third-order valence-corrected chi connectivity index (χ3v) is 5.05. The molecule has 1 aliphatic rings. The van der Waals surface area contributed by atoms with Gasteiger partial charge in [-0.1, -0.05) is 18.2 Å². The lowest BCUT2D eigenvalue weighted by atomic mass is 10.1. The fourth-order valence-corrected chi connectivity index (χ4v) is 3.67. The van der Waals surface area contributed by atoms with Crippen LogP contribution in [0.25, 0.3) is 10.9 Å². The van der Waals surface area contributed by atoms with Crippen LogP contribution in [0, 0.1) is 0 Å². The van der Waals surface area contributed by atoms with E-state index in [9.17, 15) is 4.79 Å². The molecule has 2 aromatic heterocycles. The Balaban J connectivity index is 1.64. The number of aryl methyl sites for hydroxylation is 1. The van der Waals surface area contributed by atoms with E-state index in [1.165, 1.54) is 0 Å². The van der Waals surface area contributed by atoms with Gasteiger partial charge in [0.2, 0.25) is 0 Å². The molecule has 0 aliphatic carbocycles. The Hall–Kier alpha value is -2.67. The number of rotatable bonds is 4. The predicted molar refractivity (Wildman–Crippen MR) is 97.7 cm³/mol. The summed E-state index contributed by atoms with van der Waals surface area (Å²) in [6.45, 7) is 6.58. The van der Waals surface area contributed by atoms with E-state index in [0.717, 1.165) is 29.0 Å². The molecule has 4 rings (SSSR count). The number of fused-ring (bicyclic) bond motifs is 2. The van der Waals surface area contributed by atoms with Gasteiger partial charge in [-0.25, -0.2) is 4.98 Å². The van der Waals surface area contributed by atoms with Crippen molar-refractivity contribution in [2.75, 3.05) is 13.2 Å². The van der Waals surface area contributed by atoms with Gasteiger partial charge in [0, 0.05) is 32.1 Å². The first-order valence-electron chi connectivity index (χ1n) is 8.96. The zero-order chi connectivity index (χ0) is 18.3. The number of carbonyl (C=O) groups excluding carboxylic acids is 1. The number of nitrogens with zero attached hydrogens (tertiary/aromatic N) is 5. The Kier molecular flexibility index (Phi) is 4.24. The van der Waals surface area contributed by atoms with Crippen LogP contribution in [0.2, 0.25) is 0 Å². The number of para-hydroxylation sites is 1. The second-order valence-electron chi connectivity index (χ2n) is 6.56. The Bertz CT molecular complexity index is 958. The molecule has 3 aromatic rings. The van der Waals surface area contributed by atoms with Crippen molar-refractivity contribution < 1.29 is 9.53 Å². The van der Waals surface area contributed by atoms with Crippen molar-refractivity contribution in [3.05, 3.63) is 47.7 Å². The molecular weight excluding hydrogens is 330 g/mol. The van der Waals surface area contributed by atoms with Crippen LogP contribution in [0.4, 0.5) is 0 Å². The second kappa shape index (κ2) is 6.57. The molecule has 7 heteroatoms. The van der Waals surface area contributed by atoms with E-state index in [1.807, 2.05) is 56.3 Å². The first-order chi connectivity index (χ1) is 12.6. The normalized spacial score (nSPS) is 16.9. The highest BCUT2D eigenvalue weighted by atomic mass is 16.5. The number of carbonyl (C=O) groups is 1. The van der Waals surface area contributed by atoms with Crippen LogP contribution in [-0.2, 0) is 24.9 Å². The number of amides is 1. The summed E-state index contributed by atoms with van der Waals surface area (Å²) in [4.78, 5) is 19.6. The number of aromatic nitrogens is 4. The number of hydrogen-bond donors (Lipinski definition) is 0. The summed E-state index contributed by atoms with van der Waals surface area (Å²) in [5.74, 6) is 0.856. The van der Waals surface area contributed by atoms with Crippen molar-refractivity contribution in [1.82, 2.24) is 24.2 Å². The molecule has 26 heavy (non-hydrogen) atoms. The van der Waals surface area contributed by atoms with Gasteiger partial charge >= 0.3 is 0 Å². The molecule has 0 saturated heterocycles. The maximum Gasteiger partial charge on any atom is 0.275 e. The lowest BCUT2D eigenvalue weighted by Crippen LogP contribution is -2.41. The minimum absolute atomic E-state index is 0.0464. The molecule has 136 valence electrons. The molecule has 0 saturated carbocycles. The molecule has 1 aromatic carbocycles. The third-order valence-electron chi connectivity index (χ3n) is 5.05. The lowest BCUT2D eigenvalue weighted by Gasteiger charge is -2.34. The minimum Gasteiger partial charge on any atom is -0.375 e. The largest absolute Gasteiger partial charge is 0.375 e. The smallest absolute Gasteiger partial charge is 0.275 e. The number of hydrogen-bond acceptors (Lipinski definition) is 4. The average molecular weight is 353 g/mol. The van der Waals surface area contributed by atoms with E-state index in [1.54, 1.807) is 4.68 Å². The molecule has 0 bridgehead atoms. The predicted octanol–water partition coefficient (Wildman–Crippen LogP) is 2.52. The van der Waals surface area contributed by atoms with Crippen molar-refractivity contribution in [3.8, 4) is 0 Å². The van der Waals surface area contributed by atoms with Crippen LogP contribution in [0.15, 0.2) is 30.5 Å². The van der Waals surface area contributed by atoms with Gasteiger partial charge in [0.25, 0.3) is 5.91 Å². The van der Waals surface area contributed by atoms with Gasteiger partial charge < -0.3 is 14.2 Å². The summed E-state index contributed by atoms with van der Waals surface area (Å²) < 4.78 is 9.45. The zero-order valence-electron chi connectivity index (χ0n) is 15.3. The van der Waals surface area contributed by atoms with E-state index in [4.69, 9.17) is 4.74 Å². The molecule has 7 nitrogen and oxygen atoms in total. The number of benzene rings is 1. The molecule has 0 unspecified atom stereocenters. The molecule has 0 spiro atoms. The van der Waals surface area contributed by atoms with Gasteiger partial charge in [0.1, 0.15) is 5.82 Å². The van der Waals surface area contributed by atoms with E-state index < -0.39 is 0 Å². The number of ether oxygens (including phenoxy) is 1. The van der Waals surface area contributed by atoms with Crippen LogP contribution in [0.5, 0.6) is 0 Å². The second-order valence-corrected chi connectivity index (χ2v) is 6.56. The molecule has 1 amide bonds. The number of imidazole rings is 1. The maximum atomic E-state index is 13.2. The van der Waals surface area contributed by atoms with Crippen LogP contribution < -0.4 is 0 Å². The minimum atomic E-state index is -0.104. The van der Waals surface area contributed by atoms with Gasteiger partial charge in [0.05, 0.1) is 30.1 Å². The van der Waals surface area contributed by atoms with Crippen molar-refractivity contribution >= 4 is 16.8 Å². The van der Waals surface area contributed by atoms with Crippen LogP contribution in [0.3, 0.4) is 0 Å². The Morgan fingerprint density at radius 1 is 1.31 bits per heavy atom. The molecular formula is C19H23N5O2. The highest BCUT2D eigenvalue weighted by molar-refractivity contribution is 6.05. The summed E-state index contributed by atoms with van der Waals surface area (Å²) in [6.07, 6.45) is 1.85. The molecule has 0 radical (unpaired) electrons. The maximum absolute atomic E-state index is 13.2. The monoisotopic (exact) mass is 353 g/mol. The van der Waals surface area contributed by atoms with E-state index in [-0.39, 0.29) is 11.9 Å². The zero-order valence-corrected chi connectivity index (χ0v) is 15.3. The first kappa shape index (κ1) is 16.8. The first-order valence-corrected chi connectivity index (χ1v) is 8.96. The van der Waals surface area contributed by atoms with Gasteiger partial charge in [-0.3, -0.25) is 9.48 Å². The van der Waals surface area contributed by atoms with E-state index in [2.05, 4.69) is 14.6 Å².